The fourth-order valence-electron chi connectivity index (χ4n) is 2.18. The molecule has 0 amide bonds. The molecule has 19 heavy (non-hydrogen) atoms. The first-order valence-electron chi connectivity index (χ1n) is 6.50. The van der Waals surface area contributed by atoms with Crippen LogP contribution in [0, 0.1) is 0 Å². The first-order valence-corrected chi connectivity index (χ1v) is 6.50. The zero-order valence-electron chi connectivity index (χ0n) is 10.9. The second kappa shape index (κ2) is 5.24. The Balaban J connectivity index is 1.63. The van der Waals surface area contributed by atoms with Crippen LogP contribution >= 0.6 is 0 Å². The Labute approximate surface area is 111 Å². The Morgan fingerprint density at radius 2 is 2.16 bits per heavy atom. The summed E-state index contributed by atoms with van der Waals surface area (Å²) in [5.41, 5.74) is 3.29. The van der Waals surface area contributed by atoms with Crippen molar-refractivity contribution in [3.63, 3.8) is 0 Å². The number of nitrogens with zero attached hydrogens (tertiary/aromatic N) is 3. The van der Waals surface area contributed by atoms with Crippen molar-refractivity contribution in [1.29, 1.82) is 0 Å². The molecule has 5 nitrogen and oxygen atoms in total. The van der Waals surface area contributed by atoms with Gasteiger partial charge >= 0.3 is 0 Å². The lowest BCUT2D eigenvalue weighted by atomic mass is 10.3. The fraction of sp³-hybridized carbons (Fsp3) is 0.286. The third-order valence-corrected chi connectivity index (χ3v) is 3.18. The van der Waals surface area contributed by atoms with Gasteiger partial charge < -0.3 is 14.9 Å². The summed E-state index contributed by atoms with van der Waals surface area (Å²) in [4.78, 5) is 12.0. The number of H-pyrrole nitrogens is 1. The first kappa shape index (κ1) is 11.9. The predicted octanol–water partition coefficient (Wildman–Crippen LogP) is 2.07. The van der Waals surface area contributed by atoms with Crippen LogP contribution in [-0.4, -0.2) is 19.5 Å². The molecule has 0 spiro atoms. The summed E-state index contributed by atoms with van der Waals surface area (Å²) in [5, 5.41) is 3.39. The number of para-hydroxylation sites is 2. The number of rotatable bonds is 5. The van der Waals surface area contributed by atoms with Crippen molar-refractivity contribution in [3.05, 3.63) is 48.3 Å². The number of aryl methyl sites for hydroxylation is 1. The van der Waals surface area contributed by atoms with Gasteiger partial charge in [0.25, 0.3) is 0 Å². The first-order chi connectivity index (χ1) is 9.36. The van der Waals surface area contributed by atoms with E-state index in [9.17, 15) is 0 Å². The molecule has 0 fully saturated rings. The Kier molecular flexibility index (Phi) is 3.29. The highest BCUT2D eigenvalue weighted by Gasteiger charge is 2.03. The summed E-state index contributed by atoms with van der Waals surface area (Å²) in [5.74, 6) is 0.962. The molecule has 0 unspecified atom stereocenters. The maximum Gasteiger partial charge on any atom is 0.121 e. The molecule has 0 aliphatic rings. The molecule has 3 rings (SSSR count). The second-order valence-electron chi connectivity index (χ2n) is 4.48. The number of fused-ring (bicyclic) bond motifs is 1. The smallest absolute Gasteiger partial charge is 0.121 e. The van der Waals surface area contributed by atoms with Gasteiger partial charge in [-0.3, -0.25) is 0 Å². The van der Waals surface area contributed by atoms with Gasteiger partial charge in [-0.15, -0.1) is 0 Å². The molecular weight excluding hydrogens is 238 g/mol. The molecule has 0 saturated carbocycles. The minimum Gasteiger partial charge on any atom is -0.341 e. The minimum atomic E-state index is 0.726. The standard InChI is InChI=1S/C14H17N5/c1-2-19-10-16-8-11(19)7-15-9-14-17-12-5-3-4-6-13(12)18-14/h3-6,8,10,15H,2,7,9H2,1H3,(H,17,18). The van der Waals surface area contributed by atoms with E-state index in [1.165, 1.54) is 5.69 Å². The fourth-order valence-corrected chi connectivity index (χ4v) is 2.18. The van der Waals surface area contributed by atoms with Gasteiger partial charge in [0.15, 0.2) is 0 Å². The van der Waals surface area contributed by atoms with Gasteiger partial charge in [-0.05, 0) is 19.1 Å². The summed E-state index contributed by atoms with van der Waals surface area (Å²) >= 11 is 0. The predicted molar refractivity (Wildman–Crippen MR) is 74.5 cm³/mol. The van der Waals surface area contributed by atoms with E-state index >= 15 is 0 Å². The Morgan fingerprint density at radius 3 is 3.00 bits per heavy atom. The van der Waals surface area contributed by atoms with Crippen molar-refractivity contribution >= 4 is 11.0 Å². The van der Waals surface area contributed by atoms with Gasteiger partial charge in [-0.2, -0.15) is 0 Å². The monoisotopic (exact) mass is 255 g/mol. The second-order valence-corrected chi connectivity index (χ2v) is 4.48. The molecule has 0 aliphatic heterocycles. The van der Waals surface area contributed by atoms with E-state index < -0.39 is 0 Å². The molecule has 0 aliphatic carbocycles. The molecule has 2 heterocycles. The van der Waals surface area contributed by atoms with Crippen LogP contribution in [0.5, 0.6) is 0 Å². The van der Waals surface area contributed by atoms with Crippen LogP contribution < -0.4 is 5.32 Å². The quantitative estimate of drug-likeness (QED) is 0.733. The molecule has 2 N–H and O–H groups in total. The van der Waals surface area contributed by atoms with E-state index in [0.29, 0.717) is 0 Å². The number of hydrogen-bond acceptors (Lipinski definition) is 3. The van der Waals surface area contributed by atoms with E-state index in [0.717, 1.165) is 36.5 Å². The summed E-state index contributed by atoms with van der Waals surface area (Å²) in [7, 11) is 0. The molecule has 0 bridgehead atoms. The van der Waals surface area contributed by atoms with E-state index in [2.05, 4.69) is 31.8 Å². The Morgan fingerprint density at radius 1 is 1.26 bits per heavy atom. The van der Waals surface area contributed by atoms with Gasteiger partial charge in [-0.25, -0.2) is 9.97 Å². The van der Waals surface area contributed by atoms with Crippen LogP contribution in [0.25, 0.3) is 11.0 Å². The molecule has 98 valence electrons. The highest BCUT2D eigenvalue weighted by molar-refractivity contribution is 5.74. The SMILES string of the molecule is CCn1cncc1CNCc1nc2ccccc2[nH]1. The minimum absolute atomic E-state index is 0.726. The van der Waals surface area contributed by atoms with Crippen LogP contribution in [0.3, 0.4) is 0 Å². The van der Waals surface area contributed by atoms with Gasteiger partial charge in [0.1, 0.15) is 5.82 Å². The van der Waals surface area contributed by atoms with Crippen LogP contribution in [-0.2, 0) is 19.6 Å². The van der Waals surface area contributed by atoms with Crippen molar-refractivity contribution in [2.24, 2.45) is 0 Å². The summed E-state index contributed by atoms with van der Waals surface area (Å²) < 4.78 is 2.13. The largest absolute Gasteiger partial charge is 0.341 e. The average Bonchev–Trinajstić information content (AvgIpc) is 3.04. The van der Waals surface area contributed by atoms with Crippen molar-refractivity contribution in [1.82, 2.24) is 24.8 Å². The number of benzene rings is 1. The summed E-state index contributed by atoms with van der Waals surface area (Å²) in [6.45, 7) is 4.58. The zero-order valence-corrected chi connectivity index (χ0v) is 10.9. The molecule has 0 radical (unpaired) electrons. The number of aromatic nitrogens is 4. The molecular formula is C14H17N5. The van der Waals surface area contributed by atoms with Crippen molar-refractivity contribution in [2.45, 2.75) is 26.6 Å². The average molecular weight is 255 g/mol. The number of imidazole rings is 2. The van der Waals surface area contributed by atoms with Gasteiger partial charge in [-0.1, -0.05) is 12.1 Å². The maximum absolute atomic E-state index is 4.53. The van der Waals surface area contributed by atoms with Gasteiger partial charge in [0.2, 0.25) is 0 Å². The zero-order chi connectivity index (χ0) is 13.1. The highest BCUT2D eigenvalue weighted by Crippen LogP contribution is 2.10. The molecule has 2 aromatic heterocycles. The Hall–Kier alpha value is -2.14. The van der Waals surface area contributed by atoms with E-state index in [-0.39, 0.29) is 0 Å². The summed E-state index contributed by atoms with van der Waals surface area (Å²) in [6.07, 6.45) is 3.76. The highest BCUT2D eigenvalue weighted by atomic mass is 15.1. The van der Waals surface area contributed by atoms with Gasteiger partial charge in [0.05, 0.1) is 29.6 Å². The van der Waals surface area contributed by atoms with Gasteiger partial charge in [0, 0.05) is 19.3 Å². The molecule has 0 saturated heterocycles. The lowest BCUT2D eigenvalue weighted by Crippen LogP contribution is -2.16. The van der Waals surface area contributed by atoms with Crippen LogP contribution in [0.4, 0.5) is 0 Å². The van der Waals surface area contributed by atoms with E-state index in [4.69, 9.17) is 0 Å². The molecule has 0 atom stereocenters. The normalized spacial score (nSPS) is 11.2. The van der Waals surface area contributed by atoms with Crippen LogP contribution in [0.2, 0.25) is 0 Å². The number of nitrogens with one attached hydrogen (secondary N) is 2. The van der Waals surface area contributed by atoms with Crippen molar-refractivity contribution < 1.29 is 0 Å². The summed E-state index contributed by atoms with van der Waals surface area (Å²) in [6, 6.07) is 8.07. The lowest BCUT2D eigenvalue weighted by molar-refractivity contribution is 0.617. The van der Waals surface area contributed by atoms with Crippen LogP contribution in [0.1, 0.15) is 18.4 Å². The molecule has 5 heteroatoms. The molecule has 3 aromatic rings. The van der Waals surface area contributed by atoms with E-state index in [1.54, 1.807) is 0 Å². The number of aromatic amines is 1. The van der Waals surface area contributed by atoms with E-state index in [1.807, 2.05) is 36.8 Å². The molecule has 1 aromatic carbocycles. The Bertz CT molecular complexity index is 634. The maximum atomic E-state index is 4.53. The van der Waals surface area contributed by atoms with Crippen molar-refractivity contribution in [3.8, 4) is 0 Å². The van der Waals surface area contributed by atoms with Crippen LogP contribution in [0.15, 0.2) is 36.8 Å². The van der Waals surface area contributed by atoms with Crippen molar-refractivity contribution in [2.75, 3.05) is 0 Å². The third kappa shape index (κ3) is 2.51. The lowest BCUT2D eigenvalue weighted by Gasteiger charge is -2.05. The topological polar surface area (TPSA) is 58.5 Å². The third-order valence-electron chi connectivity index (χ3n) is 3.18. The number of hydrogen-bond donors (Lipinski definition) is 2.